The van der Waals surface area contributed by atoms with Crippen LogP contribution in [0.4, 0.5) is 5.82 Å². The number of nitrogens with zero attached hydrogens (tertiary/aromatic N) is 2. The van der Waals surface area contributed by atoms with Crippen molar-refractivity contribution in [3.05, 3.63) is 17.5 Å². The Morgan fingerprint density at radius 1 is 1.43 bits per heavy atom. The van der Waals surface area contributed by atoms with Gasteiger partial charge in [0, 0.05) is 6.07 Å². The Morgan fingerprint density at radius 2 is 2.14 bits per heavy atom. The van der Waals surface area contributed by atoms with E-state index >= 15 is 0 Å². The molecule has 1 fully saturated rings. The average Bonchev–Trinajstić information content (AvgIpc) is 2.84. The van der Waals surface area contributed by atoms with E-state index in [-0.39, 0.29) is 16.2 Å². The van der Waals surface area contributed by atoms with Gasteiger partial charge in [-0.25, -0.2) is 18.4 Å². The third-order valence-electron chi connectivity index (χ3n) is 1.84. The number of aromatic nitrogens is 2. The van der Waals surface area contributed by atoms with Gasteiger partial charge < -0.3 is 0 Å². The number of sulfonamides is 1. The zero-order valence-electron chi connectivity index (χ0n) is 7.14. The molecule has 0 aliphatic heterocycles. The quantitative estimate of drug-likeness (QED) is 0.792. The van der Waals surface area contributed by atoms with E-state index in [0.29, 0.717) is 12.8 Å². The van der Waals surface area contributed by atoms with Crippen molar-refractivity contribution in [2.24, 2.45) is 0 Å². The zero-order valence-corrected chi connectivity index (χ0v) is 8.72. The molecule has 14 heavy (non-hydrogen) atoms. The lowest BCUT2D eigenvalue weighted by atomic mass is 10.6. The smallest absolute Gasteiger partial charge is 0.236 e. The first-order chi connectivity index (χ1) is 6.58. The van der Waals surface area contributed by atoms with Crippen LogP contribution in [-0.4, -0.2) is 23.6 Å². The Labute approximate surface area is 86.6 Å². The van der Waals surface area contributed by atoms with Gasteiger partial charge in [0.15, 0.2) is 0 Å². The lowest BCUT2D eigenvalue weighted by molar-refractivity contribution is 0.600. The van der Waals surface area contributed by atoms with Gasteiger partial charge >= 0.3 is 0 Å². The molecule has 7 heteroatoms. The van der Waals surface area contributed by atoms with Crippen LogP contribution in [0.2, 0.25) is 5.15 Å². The summed E-state index contributed by atoms with van der Waals surface area (Å²) in [5.41, 5.74) is 0. The average molecular weight is 234 g/mol. The Balaban J connectivity index is 2.18. The lowest BCUT2D eigenvalue weighted by Gasteiger charge is -2.04. The van der Waals surface area contributed by atoms with Crippen LogP contribution in [0, 0.1) is 0 Å². The number of rotatable bonds is 3. The lowest BCUT2D eigenvalue weighted by Crippen LogP contribution is -2.18. The molecule has 1 aromatic heterocycles. The van der Waals surface area contributed by atoms with Gasteiger partial charge in [0.05, 0.1) is 5.25 Å². The molecule has 1 aromatic rings. The van der Waals surface area contributed by atoms with Crippen molar-refractivity contribution >= 4 is 27.4 Å². The zero-order chi connectivity index (χ0) is 10.2. The molecule has 0 atom stereocenters. The molecular weight excluding hydrogens is 226 g/mol. The second-order valence-corrected chi connectivity index (χ2v) is 5.42. The van der Waals surface area contributed by atoms with Crippen molar-refractivity contribution in [3.63, 3.8) is 0 Å². The van der Waals surface area contributed by atoms with Crippen molar-refractivity contribution in [1.29, 1.82) is 0 Å². The summed E-state index contributed by atoms with van der Waals surface area (Å²) in [6.07, 6.45) is 2.65. The molecule has 1 heterocycles. The molecule has 0 radical (unpaired) electrons. The number of nitrogens with one attached hydrogen (secondary N) is 1. The van der Waals surface area contributed by atoms with E-state index in [1.54, 1.807) is 0 Å². The Hall–Kier alpha value is -0.880. The van der Waals surface area contributed by atoms with E-state index in [4.69, 9.17) is 11.6 Å². The topological polar surface area (TPSA) is 72.0 Å². The van der Waals surface area contributed by atoms with Gasteiger partial charge in [0.2, 0.25) is 10.0 Å². The molecule has 1 saturated carbocycles. The predicted molar refractivity (Wildman–Crippen MR) is 52.6 cm³/mol. The first-order valence-corrected chi connectivity index (χ1v) is 5.99. The molecule has 0 aromatic carbocycles. The van der Waals surface area contributed by atoms with Crippen molar-refractivity contribution in [2.75, 3.05) is 4.72 Å². The van der Waals surface area contributed by atoms with Gasteiger partial charge in [0.25, 0.3) is 0 Å². The summed E-state index contributed by atoms with van der Waals surface area (Å²) in [5, 5.41) is -0.0512. The molecule has 0 unspecified atom stereocenters. The number of halogens is 1. The second-order valence-electron chi connectivity index (χ2n) is 3.07. The Morgan fingerprint density at radius 3 is 2.71 bits per heavy atom. The van der Waals surface area contributed by atoms with Crippen molar-refractivity contribution < 1.29 is 8.42 Å². The molecule has 1 aliphatic carbocycles. The van der Waals surface area contributed by atoms with Crippen LogP contribution >= 0.6 is 11.6 Å². The Bertz CT molecular complexity index is 444. The highest BCUT2D eigenvalue weighted by atomic mass is 35.5. The maximum atomic E-state index is 11.5. The van der Waals surface area contributed by atoms with Crippen LogP contribution in [0.1, 0.15) is 12.8 Å². The second kappa shape index (κ2) is 3.36. The monoisotopic (exact) mass is 233 g/mol. The molecule has 0 amide bonds. The number of hydrogen-bond acceptors (Lipinski definition) is 4. The summed E-state index contributed by atoms with van der Waals surface area (Å²) in [7, 11) is -3.26. The maximum Gasteiger partial charge on any atom is 0.236 e. The summed E-state index contributed by atoms with van der Waals surface area (Å²) < 4.78 is 25.3. The van der Waals surface area contributed by atoms with Gasteiger partial charge in [-0.3, -0.25) is 4.72 Å². The van der Waals surface area contributed by atoms with Crippen LogP contribution in [-0.2, 0) is 10.0 Å². The van der Waals surface area contributed by atoms with Crippen LogP contribution in [0.3, 0.4) is 0 Å². The SMILES string of the molecule is O=S(=O)(Nc1cc(Cl)ncn1)C1CC1. The fourth-order valence-corrected chi connectivity index (χ4v) is 2.47. The largest absolute Gasteiger partial charge is 0.267 e. The molecule has 0 saturated heterocycles. The first-order valence-electron chi connectivity index (χ1n) is 4.07. The highest BCUT2D eigenvalue weighted by molar-refractivity contribution is 7.93. The molecule has 2 rings (SSSR count). The van der Waals surface area contributed by atoms with E-state index in [0.717, 1.165) is 0 Å². The maximum absolute atomic E-state index is 11.5. The fraction of sp³-hybridized carbons (Fsp3) is 0.429. The Kier molecular flexibility index (Phi) is 2.32. The predicted octanol–water partition coefficient (Wildman–Crippen LogP) is 1.03. The molecular formula is C7H8ClN3O2S. The molecule has 1 aliphatic rings. The van der Waals surface area contributed by atoms with Crippen molar-refractivity contribution in [1.82, 2.24) is 9.97 Å². The van der Waals surface area contributed by atoms with E-state index in [1.165, 1.54) is 12.4 Å². The molecule has 76 valence electrons. The summed E-state index contributed by atoms with van der Waals surface area (Å²) in [4.78, 5) is 7.40. The highest BCUT2D eigenvalue weighted by Crippen LogP contribution is 2.29. The first kappa shape index (κ1) is 9.67. The van der Waals surface area contributed by atoms with Gasteiger partial charge in [0.1, 0.15) is 17.3 Å². The fourth-order valence-electron chi connectivity index (χ4n) is 0.997. The van der Waals surface area contributed by atoms with E-state index in [1.807, 2.05) is 0 Å². The molecule has 0 bridgehead atoms. The van der Waals surface area contributed by atoms with Gasteiger partial charge in [-0.05, 0) is 12.8 Å². The summed E-state index contributed by atoms with van der Waals surface area (Å²) in [5.74, 6) is 0.219. The highest BCUT2D eigenvalue weighted by Gasteiger charge is 2.35. The van der Waals surface area contributed by atoms with Crippen LogP contribution in [0.15, 0.2) is 12.4 Å². The van der Waals surface area contributed by atoms with Crippen molar-refractivity contribution in [2.45, 2.75) is 18.1 Å². The van der Waals surface area contributed by atoms with Gasteiger partial charge in [-0.15, -0.1) is 0 Å². The standard InChI is InChI=1S/C7H8ClN3O2S/c8-6-3-7(10-4-9-6)11-14(12,13)5-1-2-5/h3-5H,1-2H2,(H,9,10,11). The van der Waals surface area contributed by atoms with Crippen molar-refractivity contribution in [3.8, 4) is 0 Å². The van der Waals surface area contributed by atoms with Gasteiger partial charge in [-0.1, -0.05) is 11.6 Å². The number of hydrogen-bond donors (Lipinski definition) is 1. The third kappa shape index (κ3) is 2.13. The molecule has 1 N–H and O–H groups in total. The third-order valence-corrected chi connectivity index (χ3v) is 3.89. The van der Waals surface area contributed by atoms with E-state index in [9.17, 15) is 8.42 Å². The summed E-state index contributed by atoms with van der Waals surface area (Å²) >= 11 is 5.58. The van der Waals surface area contributed by atoms with E-state index in [2.05, 4.69) is 14.7 Å². The minimum atomic E-state index is -3.26. The normalized spacial score (nSPS) is 16.6. The van der Waals surface area contributed by atoms with Gasteiger partial charge in [-0.2, -0.15) is 0 Å². The van der Waals surface area contributed by atoms with Crippen LogP contribution < -0.4 is 4.72 Å². The summed E-state index contributed by atoms with van der Waals surface area (Å²) in [6, 6.07) is 1.38. The van der Waals surface area contributed by atoms with E-state index < -0.39 is 10.0 Å². The minimum absolute atomic E-state index is 0.216. The summed E-state index contributed by atoms with van der Waals surface area (Å²) in [6.45, 7) is 0. The molecule has 0 spiro atoms. The van der Waals surface area contributed by atoms with Crippen LogP contribution in [0.5, 0.6) is 0 Å². The number of anilines is 1. The molecule has 5 nitrogen and oxygen atoms in total. The minimum Gasteiger partial charge on any atom is -0.267 e. The van der Waals surface area contributed by atoms with Crippen LogP contribution in [0.25, 0.3) is 0 Å².